The zero-order chi connectivity index (χ0) is 25.2. The zero-order valence-corrected chi connectivity index (χ0v) is 21.3. The van der Waals surface area contributed by atoms with E-state index in [1.54, 1.807) is 16.7 Å². The number of anilines is 1. The Hall–Kier alpha value is -3.52. The van der Waals surface area contributed by atoms with Crippen LogP contribution in [0.2, 0.25) is 0 Å². The number of piperidine rings is 1. The molecule has 0 spiro atoms. The van der Waals surface area contributed by atoms with E-state index in [1.165, 1.54) is 34.6 Å². The quantitative estimate of drug-likeness (QED) is 0.410. The number of carbonyl (C=O) groups is 1. The number of hydrogen-bond donors (Lipinski definition) is 1. The number of nitrogens with zero attached hydrogens (tertiary/aromatic N) is 3. The number of hydrogen-bond acceptors (Lipinski definition) is 5. The summed E-state index contributed by atoms with van der Waals surface area (Å²) < 4.78 is 15.7. The molecule has 36 heavy (non-hydrogen) atoms. The fourth-order valence-electron chi connectivity index (χ4n) is 4.68. The molecule has 5 rings (SSSR count). The van der Waals surface area contributed by atoms with Gasteiger partial charge in [0, 0.05) is 25.6 Å². The summed E-state index contributed by atoms with van der Waals surface area (Å²) in [7, 11) is 0. The molecule has 1 aliphatic heterocycles. The summed E-state index contributed by atoms with van der Waals surface area (Å²) in [5.74, 6) is 0.285. The fourth-order valence-corrected chi connectivity index (χ4v) is 5.46. The van der Waals surface area contributed by atoms with Crippen molar-refractivity contribution < 1.29 is 9.18 Å². The average molecular weight is 505 g/mol. The molecule has 3 heterocycles. The SMILES string of the molecule is Cc1ccc(CNC(=O)C2CCN(c3nc4ccsc4c(=O)n3Cc3ccc(F)cc3)CC2)cc1C. The number of thiophene rings is 1. The first-order valence-electron chi connectivity index (χ1n) is 12.2. The maximum absolute atomic E-state index is 13.4. The van der Waals surface area contributed by atoms with E-state index in [0.29, 0.717) is 55.2 Å². The minimum absolute atomic E-state index is 0.0674. The van der Waals surface area contributed by atoms with Gasteiger partial charge >= 0.3 is 0 Å². The van der Waals surface area contributed by atoms with E-state index in [1.807, 2.05) is 11.4 Å². The third-order valence-corrected chi connectivity index (χ3v) is 7.88. The van der Waals surface area contributed by atoms with Crippen LogP contribution in [-0.4, -0.2) is 28.5 Å². The highest BCUT2D eigenvalue weighted by Crippen LogP contribution is 2.25. The van der Waals surface area contributed by atoms with Crippen LogP contribution in [0.1, 0.15) is 35.1 Å². The molecule has 186 valence electrons. The largest absolute Gasteiger partial charge is 0.352 e. The van der Waals surface area contributed by atoms with Gasteiger partial charge in [-0.15, -0.1) is 11.3 Å². The van der Waals surface area contributed by atoms with E-state index < -0.39 is 0 Å². The average Bonchev–Trinajstić information content (AvgIpc) is 3.36. The molecule has 0 unspecified atom stereocenters. The standard InChI is InChI=1S/C28H29FN4O2S/c1-18-3-4-21(15-19(18)2)16-30-26(34)22-9-12-32(13-10-22)28-31-24-11-14-36-25(24)27(35)33(28)17-20-5-7-23(29)8-6-20/h3-8,11,14-15,22H,9-10,12-13,16-17H2,1-2H3,(H,30,34). The van der Waals surface area contributed by atoms with Crippen molar-refractivity contribution in [2.24, 2.45) is 5.92 Å². The molecule has 1 saturated heterocycles. The summed E-state index contributed by atoms with van der Waals surface area (Å²) in [6.07, 6.45) is 1.37. The van der Waals surface area contributed by atoms with Crippen LogP contribution in [0.15, 0.2) is 58.7 Å². The minimum atomic E-state index is -0.309. The summed E-state index contributed by atoms with van der Waals surface area (Å²) in [4.78, 5) is 33.1. The molecule has 2 aromatic carbocycles. The van der Waals surface area contributed by atoms with Gasteiger partial charge < -0.3 is 10.2 Å². The molecule has 1 aliphatic rings. The lowest BCUT2D eigenvalue weighted by Gasteiger charge is -2.33. The number of rotatable bonds is 6. The minimum Gasteiger partial charge on any atom is -0.352 e. The van der Waals surface area contributed by atoms with Crippen molar-refractivity contribution in [2.75, 3.05) is 18.0 Å². The molecule has 1 N–H and O–H groups in total. The normalized spacial score (nSPS) is 14.4. The number of amides is 1. The second-order valence-corrected chi connectivity index (χ2v) is 10.4. The van der Waals surface area contributed by atoms with Crippen molar-refractivity contribution in [3.8, 4) is 0 Å². The van der Waals surface area contributed by atoms with Gasteiger partial charge in [0.15, 0.2) is 0 Å². The first kappa shape index (κ1) is 24.2. The number of halogens is 1. The maximum Gasteiger partial charge on any atom is 0.273 e. The summed E-state index contributed by atoms with van der Waals surface area (Å²) in [5.41, 5.74) is 4.98. The van der Waals surface area contributed by atoms with Crippen LogP contribution in [0.25, 0.3) is 10.2 Å². The molecular formula is C28H29FN4O2S. The first-order chi connectivity index (χ1) is 17.4. The number of aromatic nitrogens is 2. The smallest absolute Gasteiger partial charge is 0.273 e. The Balaban J connectivity index is 1.30. The van der Waals surface area contributed by atoms with Crippen LogP contribution < -0.4 is 15.8 Å². The number of fused-ring (bicyclic) bond motifs is 1. The fraction of sp³-hybridized carbons (Fsp3) is 0.321. The Morgan fingerprint density at radius 2 is 1.78 bits per heavy atom. The summed E-state index contributed by atoms with van der Waals surface area (Å²) >= 11 is 1.38. The van der Waals surface area contributed by atoms with Gasteiger partial charge in [-0.25, -0.2) is 9.37 Å². The van der Waals surface area contributed by atoms with Crippen molar-refractivity contribution in [3.05, 3.63) is 92.3 Å². The van der Waals surface area contributed by atoms with Gasteiger partial charge in [0.2, 0.25) is 11.9 Å². The molecule has 0 atom stereocenters. The molecule has 1 fully saturated rings. The van der Waals surface area contributed by atoms with E-state index in [-0.39, 0.29) is 23.2 Å². The Bertz CT molecular complexity index is 1450. The van der Waals surface area contributed by atoms with E-state index in [9.17, 15) is 14.0 Å². The van der Waals surface area contributed by atoms with E-state index in [0.717, 1.165) is 11.1 Å². The number of carbonyl (C=O) groups excluding carboxylic acids is 1. The van der Waals surface area contributed by atoms with Crippen molar-refractivity contribution in [1.82, 2.24) is 14.9 Å². The molecular weight excluding hydrogens is 475 g/mol. The summed E-state index contributed by atoms with van der Waals surface area (Å²) in [5, 5.41) is 4.96. The Morgan fingerprint density at radius 3 is 2.50 bits per heavy atom. The Kier molecular flexibility index (Phi) is 6.87. The number of aryl methyl sites for hydroxylation is 2. The highest BCUT2D eigenvalue weighted by atomic mass is 32.1. The van der Waals surface area contributed by atoms with Crippen LogP contribution in [0.3, 0.4) is 0 Å². The number of benzene rings is 2. The zero-order valence-electron chi connectivity index (χ0n) is 20.5. The highest BCUT2D eigenvalue weighted by Gasteiger charge is 2.27. The lowest BCUT2D eigenvalue weighted by Crippen LogP contribution is -2.42. The van der Waals surface area contributed by atoms with Gasteiger partial charge in [-0.05, 0) is 72.5 Å². The van der Waals surface area contributed by atoms with Crippen LogP contribution in [-0.2, 0) is 17.9 Å². The molecule has 6 nitrogen and oxygen atoms in total. The molecule has 1 amide bonds. The van der Waals surface area contributed by atoms with Crippen molar-refractivity contribution in [3.63, 3.8) is 0 Å². The van der Waals surface area contributed by atoms with E-state index in [4.69, 9.17) is 4.98 Å². The van der Waals surface area contributed by atoms with Crippen LogP contribution in [0, 0.1) is 25.6 Å². The molecule has 0 bridgehead atoms. The lowest BCUT2D eigenvalue weighted by atomic mass is 9.96. The van der Waals surface area contributed by atoms with Crippen molar-refractivity contribution >= 4 is 33.4 Å². The van der Waals surface area contributed by atoms with Crippen LogP contribution in [0.4, 0.5) is 10.3 Å². The van der Waals surface area contributed by atoms with Gasteiger partial charge in [0.25, 0.3) is 5.56 Å². The topological polar surface area (TPSA) is 67.2 Å². The first-order valence-corrected chi connectivity index (χ1v) is 13.1. The third-order valence-electron chi connectivity index (χ3n) is 6.99. The lowest BCUT2D eigenvalue weighted by molar-refractivity contribution is -0.125. The third kappa shape index (κ3) is 5.04. The predicted octanol–water partition coefficient (Wildman–Crippen LogP) is 4.80. The second-order valence-electron chi connectivity index (χ2n) is 9.46. The Morgan fingerprint density at radius 1 is 1.06 bits per heavy atom. The van der Waals surface area contributed by atoms with Crippen molar-refractivity contribution in [1.29, 1.82) is 0 Å². The van der Waals surface area contributed by atoms with Crippen molar-refractivity contribution in [2.45, 2.75) is 39.8 Å². The van der Waals surface area contributed by atoms with Crippen LogP contribution in [0.5, 0.6) is 0 Å². The summed E-state index contributed by atoms with van der Waals surface area (Å²) in [6.45, 7) is 6.25. The highest BCUT2D eigenvalue weighted by molar-refractivity contribution is 7.17. The second kappa shape index (κ2) is 10.2. The van der Waals surface area contributed by atoms with Gasteiger partial charge in [-0.1, -0.05) is 30.3 Å². The summed E-state index contributed by atoms with van der Waals surface area (Å²) in [6, 6.07) is 14.3. The Labute approximate surface area is 213 Å². The van der Waals surface area contributed by atoms with Gasteiger partial charge in [0.1, 0.15) is 10.5 Å². The van der Waals surface area contributed by atoms with Gasteiger partial charge in [0.05, 0.1) is 12.1 Å². The van der Waals surface area contributed by atoms with E-state index >= 15 is 0 Å². The van der Waals surface area contributed by atoms with Crippen LogP contribution >= 0.6 is 11.3 Å². The molecule has 4 aromatic rings. The number of nitrogens with one attached hydrogen (secondary N) is 1. The van der Waals surface area contributed by atoms with Gasteiger partial charge in [-0.2, -0.15) is 0 Å². The molecule has 0 saturated carbocycles. The maximum atomic E-state index is 13.4. The molecule has 2 aromatic heterocycles. The molecule has 0 radical (unpaired) electrons. The van der Waals surface area contributed by atoms with E-state index in [2.05, 4.69) is 42.3 Å². The monoisotopic (exact) mass is 504 g/mol. The predicted molar refractivity (Wildman–Crippen MR) is 142 cm³/mol. The molecule has 0 aliphatic carbocycles. The molecule has 8 heteroatoms. The van der Waals surface area contributed by atoms with Gasteiger partial charge in [-0.3, -0.25) is 14.2 Å².